The smallest absolute Gasteiger partial charge is 0.253 e. The third kappa shape index (κ3) is 3.27. The molecule has 1 unspecified atom stereocenters. The predicted molar refractivity (Wildman–Crippen MR) is 97.9 cm³/mol. The molecular weight excluding hydrogens is 312 g/mol. The summed E-state index contributed by atoms with van der Waals surface area (Å²) < 4.78 is 5.17. The van der Waals surface area contributed by atoms with Crippen molar-refractivity contribution >= 4 is 5.91 Å². The Bertz CT molecular complexity index is 757. The van der Waals surface area contributed by atoms with E-state index in [0.29, 0.717) is 6.04 Å². The van der Waals surface area contributed by atoms with Crippen molar-refractivity contribution in [2.75, 3.05) is 26.7 Å². The highest BCUT2D eigenvalue weighted by Crippen LogP contribution is 2.25. The molecule has 0 saturated carbocycles. The molecule has 4 rings (SSSR count). The molecule has 1 fully saturated rings. The van der Waals surface area contributed by atoms with Crippen molar-refractivity contribution in [2.45, 2.75) is 25.4 Å². The summed E-state index contributed by atoms with van der Waals surface area (Å²) in [7, 11) is 1.64. The number of methoxy groups -OCH3 is 1. The van der Waals surface area contributed by atoms with Crippen LogP contribution in [-0.2, 0) is 13.0 Å². The van der Waals surface area contributed by atoms with Gasteiger partial charge in [0.05, 0.1) is 7.11 Å². The molecule has 2 aromatic carbocycles. The average molecular weight is 336 g/mol. The predicted octanol–water partition coefficient (Wildman–Crippen LogP) is 2.97. The lowest BCUT2D eigenvalue weighted by atomic mass is 9.98. The summed E-state index contributed by atoms with van der Waals surface area (Å²) in [5.74, 6) is 0.908. The molecule has 2 heterocycles. The molecule has 2 aliphatic rings. The lowest BCUT2D eigenvalue weighted by molar-refractivity contribution is 0.0773. The first-order chi connectivity index (χ1) is 12.2. The number of amides is 1. The van der Waals surface area contributed by atoms with Crippen LogP contribution in [0.4, 0.5) is 0 Å². The fourth-order valence-electron chi connectivity index (χ4n) is 3.97. The highest BCUT2D eigenvalue weighted by Gasteiger charge is 2.32. The Morgan fingerprint density at radius 2 is 1.80 bits per heavy atom. The quantitative estimate of drug-likeness (QED) is 0.864. The number of fused-ring (bicyclic) bond motifs is 1. The van der Waals surface area contributed by atoms with Gasteiger partial charge in [-0.15, -0.1) is 0 Å². The maximum Gasteiger partial charge on any atom is 0.253 e. The van der Waals surface area contributed by atoms with Crippen molar-refractivity contribution in [3.05, 3.63) is 65.2 Å². The van der Waals surface area contributed by atoms with Gasteiger partial charge in [-0.3, -0.25) is 9.69 Å². The van der Waals surface area contributed by atoms with E-state index < -0.39 is 0 Å². The van der Waals surface area contributed by atoms with Crippen LogP contribution in [0.15, 0.2) is 48.5 Å². The van der Waals surface area contributed by atoms with E-state index in [1.807, 2.05) is 29.2 Å². The van der Waals surface area contributed by atoms with Gasteiger partial charge in [-0.2, -0.15) is 0 Å². The van der Waals surface area contributed by atoms with Crippen molar-refractivity contribution in [2.24, 2.45) is 0 Å². The Labute approximate surface area is 149 Å². The fourth-order valence-corrected chi connectivity index (χ4v) is 3.97. The molecule has 0 bridgehead atoms. The minimum absolute atomic E-state index is 0.127. The van der Waals surface area contributed by atoms with Gasteiger partial charge in [-0.05, 0) is 48.2 Å². The zero-order valence-electron chi connectivity index (χ0n) is 14.6. The van der Waals surface area contributed by atoms with Crippen LogP contribution in [0.1, 0.15) is 27.9 Å². The van der Waals surface area contributed by atoms with E-state index in [9.17, 15) is 4.79 Å². The second kappa shape index (κ2) is 6.89. The minimum Gasteiger partial charge on any atom is -0.497 e. The summed E-state index contributed by atoms with van der Waals surface area (Å²) in [5.41, 5.74) is 3.65. The van der Waals surface area contributed by atoms with Gasteiger partial charge >= 0.3 is 0 Å². The molecule has 130 valence electrons. The van der Waals surface area contributed by atoms with Gasteiger partial charge in [0, 0.05) is 37.8 Å². The molecule has 0 aliphatic carbocycles. The zero-order chi connectivity index (χ0) is 17.2. The Morgan fingerprint density at radius 3 is 2.56 bits per heavy atom. The molecule has 2 aromatic rings. The normalized spacial score (nSPS) is 20.4. The SMILES string of the molecule is COc1ccc(C(=O)N2CCC(N3CCc4ccccc4C3)C2)cc1. The van der Waals surface area contributed by atoms with Gasteiger partial charge in [0.25, 0.3) is 5.91 Å². The molecule has 1 saturated heterocycles. The number of ether oxygens (including phenoxy) is 1. The highest BCUT2D eigenvalue weighted by atomic mass is 16.5. The van der Waals surface area contributed by atoms with Crippen LogP contribution in [0, 0.1) is 0 Å². The second-order valence-corrected chi connectivity index (χ2v) is 6.91. The molecule has 25 heavy (non-hydrogen) atoms. The van der Waals surface area contributed by atoms with E-state index >= 15 is 0 Å². The molecule has 0 aromatic heterocycles. The lowest BCUT2D eigenvalue weighted by Gasteiger charge is -2.33. The number of hydrogen-bond donors (Lipinski definition) is 0. The number of benzene rings is 2. The third-order valence-corrected chi connectivity index (χ3v) is 5.46. The monoisotopic (exact) mass is 336 g/mol. The molecule has 2 aliphatic heterocycles. The maximum atomic E-state index is 12.7. The second-order valence-electron chi connectivity index (χ2n) is 6.91. The molecule has 0 spiro atoms. The first-order valence-corrected chi connectivity index (χ1v) is 8.99. The van der Waals surface area contributed by atoms with Crippen molar-refractivity contribution < 1.29 is 9.53 Å². The summed E-state index contributed by atoms with van der Waals surface area (Å²) in [6.07, 6.45) is 2.17. The van der Waals surface area contributed by atoms with E-state index in [-0.39, 0.29) is 5.91 Å². The van der Waals surface area contributed by atoms with E-state index in [2.05, 4.69) is 29.2 Å². The van der Waals surface area contributed by atoms with Crippen molar-refractivity contribution in [3.63, 3.8) is 0 Å². The first-order valence-electron chi connectivity index (χ1n) is 8.99. The van der Waals surface area contributed by atoms with Gasteiger partial charge in [0.15, 0.2) is 0 Å². The molecule has 1 atom stereocenters. The average Bonchev–Trinajstić information content (AvgIpc) is 3.17. The topological polar surface area (TPSA) is 32.8 Å². The van der Waals surface area contributed by atoms with Crippen LogP contribution in [-0.4, -0.2) is 48.5 Å². The van der Waals surface area contributed by atoms with E-state index in [1.165, 1.54) is 11.1 Å². The van der Waals surface area contributed by atoms with Crippen LogP contribution in [0.5, 0.6) is 5.75 Å². The summed E-state index contributed by atoms with van der Waals surface area (Å²) in [6, 6.07) is 16.6. The number of nitrogens with zero attached hydrogens (tertiary/aromatic N) is 2. The van der Waals surface area contributed by atoms with Crippen molar-refractivity contribution in [1.29, 1.82) is 0 Å². The Hall–Kier alpha value is -2.33. The molecule has 1 amide bonds. The summed E-state index contributed by atoms with van der Waals surface area (Å²) >= 11 is 0. The number of hydrogen-bond acceptors (Lipinski definition) is 3. The lowest BCUT2D eigenvalue weighted by Crippen LogP contribution is -2.41. The summed E-state index contributed by atoms with van der Waals surface area (Å²) in [5, 5.41) is 0. The number of likely N-dealkylation sites (tertiary alicyclic amines) is 1. The zero-order valence-corrected chi connectivity index (χ0v) is 14.6. The van der Waals surface area contributed by atoms with E-state index in [1.54, 1.807) is 7.11 Å². The van der Waals surface area contributed by atoms with Gasteiger partial charge in [0.2, 0.25) is 0 Å². The summed E-state index contributed by atoms with van der Waals surface area (Å²) in [6.45, 7) is 3.76. The Morgan fingerprint density at radius 1 is 1.04 bits per heavy atom. The maximum absolute atomic E-state index is 12.7. The molecule has 4 heteroatoms. The number of carbonyl (C=O) groups is 1. The minimum atomic E-state index is 0.127. The van der Waals surface area contributed by atoms with Crippen LogP contribution in [0.25, 0.3) is 0 Å². The Kier molecular flexibility index (Phi) is 4.45. The molecular formula is C21H24N2O2. The number of rotatable bonds is 3. The van der Waals surface area contributed by atoms with Crippen LogP contribution < -0.4 is 4.74 Å². The molecule has 0 radical (unpaired) electrons. The van der Waals surface area contributed by atoms with Crippen LogP contribution in [0.3, 0.4) is 0 Å². The standard InChI is InChI=1S/C21H24N2O2/c1-25-20-8-6-17(7-9-20)21(24)23-13-11-19(15-23)22-12-10-16-4-2-3-5-18(16)14-22/h2-9,19H,10-15H2,1H3. The Balaban J connectivity index is 1.40. The largest absolute Gasteiger partial charge is 0.497 e. The van der Waals surface area contributed by atoms with Gasteiger partial charge in [-0.1, -0.05) is 24.3 Å². The molecule has 0 N–H and O–H groups in total. The van der Waals surface area contributed by atoms with Gasteiger partial charge < -0.3 is 9.64 Å². The van der Waals surface area contributed by atoms with Crippen LogP contribution >= 0.6 is 0 Å². The van der Waals surface area contributed by atoms with Gasteiger partial charge in [-0.25, -0.2) is 0 Å². The number of carbonyl (C=O) groups excluding carboxylic acids is 1. The summed E-state index contributed by atoms with van der Waals surface area (Å²) in [4.78, 5) is 17.3. The fraction of sp³-hybridized carbons (Fsp3) is 0.381. The first kappa shape index (κ1) is 16.2. The van der Waals surface area contributed by atoms with Crippen molar-refractivity contribution in [3.8, 4) is 5.75 Å². The van der Waals surface area contributed by atoms with E-state index in [0.717, 1.165) is 50.3 Å². The highest BCUT2D eigenvalue weighted by molar-refractivity contribution is 5.94. The third-order valence-electron chi connectivity index (χ3n) is 5.46. The van der Waals surface area contributed by atoms with E-state index in [4.69, 9.17) is 4.74 Å². The molecule has 4 nitrogen and oxygen atoms in total. The van der Waals surface area contributed by atoms with Crippen LogP contribution in [0.2, 0.25) is 0 Å². The van der Waals surface area contributed by atoms with Gasteiger partial charge in [0.1, 0.15) is 5.75 Å². The van der Waals surface area contributed by atoms with Crippen molar-refractivity contribution in [1.82, 2.24) is 9.80 Å².